The number of benzene rings is 1. The van der Waals surface area contributed by atoms with Crippen molar-refractivity contribution in [1.82, 2.24) is 4.90 Å². The summed E-state index contributed by atoms with van der Waals surface area (Å²) in [6.45, 7) is 6.82. The number of carboxylic acid groups (broad SMARTS) is 1. The van der Waals surface area contributed by atoms with Crippen LogP contribution >= 0.6 is 0 Å². The Kier molecular flexibility index (Phi) is 6.88. The van der Waals surface area contributed by atoms with Gasteiger partial charge in [0.05, 0.1) is 12.5 Å². The van der Waals surface area contributed by atoms with Gasteiger partial charge in [-0.1, -0.05) is 39.0 Å². The molecule has 21 heavy (non-hydrogen) atoms. The van der Waals surface area contributed by atoms with Crippen molar-refractivity contribution in [2.75, 3.05) is 25.0 Å². The van der Waals surface area contributed by atoms with Gasteiger partial charge in [-0.05, 0) is 24.6 Å². The lowest BCUT2D eigenvalue weighted by atomic mass is 10.1. The third kappa shape index (κ3) is 5.55. The van der Waals surface area contributed by atoms with Crippen LogP contribution in [0.4, 0.5) is 5.69 Å². The van der Waals surface area contributed by atoms with Crippen LogP contribution in [0.25, 0.3) is 0 Å². The number of aryl methyl sites for hydroxylation is 1. The van der Waals surface area contributed by atoms with E-state index in [1.165, 1.54) is 0 Å². The first-order chi connectivity index (χ1) is 9.97. The first kappa shape index (κ1) is 17.2. The molecule has 1 amide bonds. The van der Waals surface area contributed by atoms with Crippen molar-refractivity contribution in [3.8, 4) is 0 Å². The molecule has 5 nitrogen and oxygen atoms in total. The number of hydrogen-bond acceptors (Lipinski definition) is 3. The highest BCUT2D eigenvalue weighted by Gasteiger charge is 2.17. The summed E-state index contributed by atoms with van der Waals surface area (Å²) in [6, 6.07) is 7.70. The minimum Gasteiger partial charge on any atom is -0.481 e. The highest BCUT2D eigenvalue weighted by Crippen LogP contribution is 2.15. The summed E-state index contributed by atoms with van der Waals surface area (Å²) in [7, 11) is 0. The van der Waals surface area contributed by atoms with E-state index in [4.69, 9.17) is 5.11 Å². The predicted octanol–water partition coefficient (Wildman–Crippen LogP) is 2.23. The number of carbonyl (C=O) groups excluding carboxylic acids is 1. The van der Waals surface area contributed by atoms with Gasteiger partial charge in [-0.25, -0.2) is 0 Å². The average molecular weight is 292 g/mol. The van der Waals surface area contributed by atoms with Crippen LogP contribution in [-0.4, -0.2) is 41.5 Å². The van der Waals surface area contributed by atoms with Crippen molar-refractivity contribution in [2.24, 2.45) is 5.92 Å². The summed E-state index contributed by atoms with van der Waals surface area (Å²) in [4.78, 5) is 24.8. The molecule has 0 aromatic heterocycles. The fraction of sp³-hybridized carbons (Fsp3) is 0.500. The van der Waals surface area contributed by atoms with Crippen LogP contribution in [0.15, 0.2) is 24.3 Å². The lowest BCUT2D eigenvalue weighted by molar-refractivity contribution is -0.142. The molecule has 0 aliphatic heterocycles. The largest absolute Gasteiger partial charge is 0.481 e. The van der Waals surface area contributed by atoms with Gasteiger partial charge in [-0.2, -0.15) is 0 Å². The lowest BCUT2D eigenvalue weighted by Gasteiger charge is -2.22. The molecule has 1 unspecified atom stereocenters. The third-order valence-electron chi connectivity index (χ3n) is 3.44. The molecule has 1 rings (SSSR count). The van der Waals surface area contributed by atoms with E-state index in [1.807, 2.05) is 43.0 Å². The summed E-state index contributed by atoms with van der Waals surface area (Å²) >= 11 is 0. The van der Waals surface area contributed by atoms with Crippen molar-refractivity contribution in [3.63, 3.8) is 0 Å². The van der Waals surface area contributed by atoms with Crippen LogP contribution in [0, 0.1) is 5.92 Å². The monoisotopic (exact) mass is 292 g/mol. The Bertz CT molecular complexity index is 488. The van der Waals surface area contributed by atoms with Gasteiger partial charge in [-0.3, -0.25) is 14.5 Å². The number of aliphatic carboxylic acids is 1. The molecule has 2 N–H and O–H groups in total. The molecule has 116 valence electrons. The fourth-order valence-corrected chi connectivity index (χ4v) is 2.11. The standard InChI is InChI=1S/C16H24N2O3/c1-4-13-8-6-7-9-14(13)17-15(19)11-18(5-2)10-12(3)16(20)21/h6-9,12H,4-5,10-11H2,1-3H3,(H,17,19)(H,20,21). The molecule has 5 heteroatoms. The molecule has 0 spiro atoms. The molecular formula is C16H24N2O3. The Hall–Kier alpha value is -1.88. The second-order valence-electron chi connectivity index (χ2n) is 5.13. The molecule has 0 aliphatic carbocycles. The van der Waals surface area contributed by atoms with Crippen molar-refractivity contribution in [3.05, 3.63) is 29.8 Å². The van der Waals surface area contributed by atoms with Crippen LogP contribution in [0.3, 0.4) is 0 Å². The van der Waals surface area contributed by atoms with E-state index < -0.39 is 11.9 Å². The molecule has 0 bridgehead atoms. The number of amides is 1. The van der Waals surface area contributed by atoms with Crippen molar-refractivity contribution >= 4 is 17.6 Å². The topological polar surface area (TPSA) is 69.6 Å². The Balaban J connectivity index is 2.60. The normalized spacial score (nSPS) is 12.2. The van der Waals surface area contributed by atoms with Crippen LogP contribution in [0.2, 0.25) is 0 Å². The Labute approximate surface area is 126 Å². The van der Waals surface area contributed by atoms with E-state index in [0.717, 1.165) is 17.7 Å². The van der Waals surface area contributed by atoms with E-state index in [9.17, 15) is 9.59 Å². The number of anilines is 1. The molecule has 0 saturated heterocycles. The first-order valence-corrected chi connectivity index (χ1v) is 7.30. The number of carbonyl (C=O) groups is 2. The number of rotatable bonds is 8. The number of nitrogens with zero attached hydrogens (tertiary/aromatic N) is 1. The van der Waals surface area contributed by atoms with Gasteiger partial charge >= 0.3 is 5.97 Å². The number of likely N-dealkylation sites (N-methyl/N-ethyl adjacent to an activating group) is 1. The second kappa shape index (κ2) is 8.42. The summed E-state index contributed by atoms with van der Waals surface area (Å²) in [5.74, 6) is -1.44. The minimum atomic E-state index is -0.842. The number of carboxylic acids is 1. The molecule has 0 fully saturated rings. The molecule has 1 atom stereocenters. The lowest BCUT2D eigenvalue weighted by Crippen LogP contribution is -2.37. The highest BCUT2D eigenvalue weighted by molar-refractivity contribution is 5.93. The molecule has 1 aromatic rings. The van der Waals surface area contributed by atoms with Gasteiger partial charge in [0.2, 0.25) is 5.91 Å². The number of nitrogens with one attached hydrogen (secondary N) is 1. The zero-order valence-corrected chi connectivity index (χ0v) is 12.9. The van der Waals surface area contributed by atoms with Crippen molar-refractivity contribution in [2.45, 2.75) is 27.2 Å². The van der Waals surface area contributed by atoms with Crippen LogP contribution in [0.5, 0.6) is 0 Å². The van der Waals surface area contributed by atoms with Gasteiger partial charge in [0, 0.05) is 12.2 Å². The quantitative estimate of drug-likeness (QED) is 0.771. The smallest absolute Gasteiger partial charge is 0.307 e. The predicted molar refractivity (Wildman–Crippen MR) is 83.4 cm³/mol. The SMILES string of the molecule is CCc1ccccc1NC(=O)CN(CC)CC(C)C(=O)O. The Morgan fingerprint density at radius 3 is 2.52 bits per heavy atom. The summed E-state index contributed by atoms with van der Waals surface area (Å²) in [6.07, 6.45) is 0.851. The van der Waals surface area contributed by atoms with Crippen molar-refractivity contribution in [1.29, 1.82) is 0 Å². The zero-order valence-electron chi connectivity index (χ0n) is 12.9. The van der Waals surface area contributed by atoms with E-state index >= 15 is 0 Å². The van der Waals surface area contributed by atoms with Gasteiger partial charge in [-0.15, -0.1) is 0 Å². The van der Waals surface area contributed by atoms with Crippen LogP contribution < -0.4 is 5.32 Å². The average Bonchev–Trinajstić information content (AvgIpc) is 2.46. The summed E-state index contributed by atoms with van der Waals surface area (Å²) in [5.41, 5.74) is 1.92. The van der Waals surface area contributed by atoms with E-state index in [0.29, 0.717) is 13.1 Å². The third-order valence-corrected chi connectivity index (χ3v) is 3.44. The Morgan fingerprint density at radius 1 is 1.29 bits per heavy atom. The highest BCUT2D eigenvalue weighted by atomic mass is 16.4. The van der Waals surface area contributed by atoms with Crippen molar-refractivity contribution < 1.29 is 14.7 Å². The van der Waals surface area contributed by atoms with Gasteiger partial charge < -0.3 is 10.4 Å². The zero-order chi connectivity index (χ0) is 15.8. The maximum absolute atomic E-state index is 12.1. The summed E-state index contributed by atoms with van der Waals surface area (Å²) < 4.78 is 0. The number of para-hydroxylation sites is 1. The van der Waals surface area contributed by atoms with E-state index in [-0.39, 0.29) is 12.5 Å². The fourth-order valence-electron chi connectivity index (χ4n) is 2.11. The minimum absolute atomic E-state index is 0.115. The van der Waals surface area contributed by atoms with E-state index in [2.05, 4.69) is 5.32 Å². The van der Waals surface area contributed by atoms with E-state index in [1.54, 1.807) is 6.92 Å². The molecule has 0 radical (unpaired) electrons. The van der Waals surface area contributed by atoms with Gasteiger partial charge in [0.1, 0.15) is 0 Å². The second-order valence-corrected chi connectivity index (χ2v) is 5.13. The molecule has 0 heterocycles. The van der Waals surface area contributed by atoms with Crippen LogP contribution in [0.1, 0.15) is 26.3 Å². The first-order valence-electron chi connectivity index (χ1n) is 7.30. The maximum Gasteiger partial charge on any atom is 0.307 e. The molecule has 1 aromatic carbocycles. The molecule has 0 saturated carbocycles. The molecule has 0 aliphatic rings. The number of hydrogen-bond donors (Lipinski definition) is 2. The van der Waals surface area contributed by atoms with Gasteiger partial charge in [0.15, 0.2) is 0 Å². The van der Waals surface area contributed by atoms with Crippen LogP contribution in [-0.2, 0) is 16.0 Å². The van der Waals surface area contributed by atoms with Gasteiger partial charge in [0.25, 0.3) is 0 Å². The molecular weight excluding hydrogens is 268 g/mol. The summed E-state index contributed by atoms with van der Waals surface area (Å²) in [5, 5.41) is 11.8. The Morgan fingerprint density at radius 2 is 1.95 bits per heavy atom. The maximum atomic E-state index is 12.1.